The van der Waals surface area contributed by atoms with Crippen molar-refractivity contribution < 1.29 is 9.90 Å². The Balaban J connectivity index is 2.25. The van der Waals surface area contributed by atoms with Gasteiger partial charge in [0.25, 0.3) is 0 Å². The number of hydrogen-bond acceptors (Lipinski definition) is 6. The summed E-state index contributed by atoms with van der Waals surface area (Å²) < 4.78 is 1.43. The molecule has 22 heavy (non-hydrogen) atoms. The molecule has 3 aromatic rings. The molecule has 7 nitrogen and oxygen atoms in total. The van der Waals surface area contributed by atoms with Crippen LogP contribution in [0.25, 0.3) is 16.4 Å². The van der Waals surface area contributed by atoms with E-state index in [1.165, 1.54) is 16.0 Å². The first-order valence-electron chi connectivity index (χ1n) is 6.54. The van der Waals surface area contributed by atoms with Gasteiger partial charge >= 0.3 is 5.97 Å². The molecule has 2 heterocycles. The van der Waals surface area contributed by atoms with E-state index in [0.29, 0.717) is 10.8 Å². The lowest BCUT2D eigenvalue weighted by atomic mass is 10.0. The summed E-state index contributed by atoms with van der Waals surface area (Å²) in [6, 6.07) is 5.72. The Morgan fingerprint density at radius 3 is 2.50 bits per heavy atom. The van der Waals surface area contributed by atoms with Crippen molar-refractivity contribution in [3.8, 4) is 16.4 Å². The highest BCUT2D eigenvalue weighted by Gasteiger charge is 2.23. The van der Waals surface area contributed by atoms with Crippen molar-refractivity contribution in [1.29, 1.82) is 0 Å². The highest BCUT2D eigenvalue weighted by molar-refractivity contribution is 7.13. The number of aromatic nitrogens is 5. The van der Waals surface area contributed by atoms with Gasteiger partial charge in [-0.2, -0.15) is 4.68 Å². The van der Waals surface area contributed by atoms with E-state index in [9.17, 15) is 9.90 Å². The second kappa shape index (κ2) is 5.30. The molecule has 0 spiro atoms. The van der Waals surface area contributed by atoms with Crippen LogP contribution in [0.2, 0.25) is 0 Å². The van der Waals surface area contributed by atoms with Gasteiger partial charge in [0.15, 0.2) is 5.69 Å². The lowest BCUT2D eigenvalue weighted by Crippen LogP contribution is -2.03. The van der Waals surface area contributed by atoms with Crippen molar-refractivity contribution in [2.45, 2.75) is 20.8 Å². The van der Waals surface area contributed by atoms with E-state index in [4.69, 9.17) is 0 Å². The quantitative estimate of drug-likeness (QED) is 0.797. The van der Waals surface area contributed by atoms with Crippen LogP contribution in [0.4, 0.5) is 0 Å². The van der Waals surface area contributed by atoms with Crippen LogP contribution in [0.3, 0.4) is 0 Å². The summed E-state index contributed by atoms with van der Waals surface area (Å²) in [5.41, 5.74) is 3.24. The third-order valence-electron chi connectivity index (χ3n) is 3.35. The van der Waals surface area contributed by atoms with Gasteiger partial charge < -0.3 is 5.11 Å². The van der Waals surface area contributed by atoms with Gasteiger partial charge in [0, 0.05) is 5.56 Å². The average molecular weight is 315 g/mol. The zero-order chi connectivity index (χ0) is 15.9. The van der Waals surface area contributed by atoms with Crippen LogP contribution in [0.15, 0.2) is 18.2 Å². The third kappa shape index (κ3) is 2.37. The molecule has 2 aromatic heterocycles. The van der Waals surface area contributed by atoms with Gasteiger partial charge in [-0.25, -0.2) is 4.79 Å². The van der Waals surface area contributed by atoms with E-state index in [2.05, 4.69) is 20.5 Å². The summed E-state index contributed by atoms with van der Waals surface area (Å²) in [5, 5.41) is 26.3. The van der Waals surface area contributed by atoms with Crippen molar-refractivity contribution in [1.82, 2.24) is 25.2 Å². The molecule has 0 aliphatic rings. The van der Waals surface area contributed by atoms with Crippen LogP contribution in [0.1, 0.15) is 26.6 Å². The number of nitrogens with zero attached hydrogens (tertiary/aromatic N) is 5. The number of aryl methyl sites for hydroxylation is 3. The maximum Gasteiger partial charge on any atom is 0.358 e. The minimum absolute atomic E-state index is 0.101. The first-order chi connectivity index (χ1) is 10.5. The van der Waals surface area contributed by atoms with Crippen LogP contribution < -0.4 is 0 Å². The fourth-order valence-electron chi connectivity index (χ4n) is 2.08. The van der Waals surface area contributed by atoms with E-state index >= 15 is 0 Å². The van der Waals surface area contributed by atoms with Crippen LogP contribution in [0, 0.1) is 20.8 Å². The molecule has 0 saturated carbocycles. The summed E-state index contributed by atoms with van der Waals surface area (Å²) in [6.07, 6.45) is 0. The molecule has 0 saturated heterocycles. The Labute approximate surface area is 130 Å². The van der Waals surface area contributed by atoms with Crippen molar-refractivity contribution >= 4 is 17.3 Å². The lowest BCUT2D eigenvalue weighted by Gasteiger charge is -2.07. The first-order valence-corrected chi connectivity index (χ1v) is 7.36. The van der Waals surface area contributed by atoms with Gasteiger partial charge in [-0.3, -0.25) is 0 Å². The smallest absolute Gasteiger partial charge is 0.358 e. The zero-order valence-electron chi connectivity index (χ0n) is 12.2. The predicted octanol–water partition coefficient (Wildman–Crippen LogP) is 2.41. The minimum atomic E-state index is -1.12. The molecule has 8 heteroatoms. The number of rotatable bonds is 3. The summed E-state index contributed by atoms with van der Waals surface area (Å²) >= 11 is 1.33. The van der Waals surface area contributed by atoms with E-state index in [-0.39, 0.29) is 5.69 Å². The van der Waals surface area contributed by atoms with Gasteiger partial charge in [0.2, 0.25) is 5.13 Å². The fraction of sp³-hybridized carbons (Fsp3) is 0.214. The monoisotopic (exact) mass is 315 g/mol. The summed E-state index contributed by atoms with van der Waals surface area (Å²) in [4.78, 5) is 11.4. The highest BCUT2D eigenvalue weighted by atomic mass is 32.1. The van der Waals surface area contributed by atoms with Crippen LogP contribution >= 0.6 is 11.3 Å². The van der Waals surface area contributed by atoms with Gasteiger partial charge in [-0.15, -0.1) is 15.3 Å². The van der Waals surface area contributed by atoms with Crippen LogP contribution in [-0.4, -0.2) is 36.3 Å². The molecule has 1 aromatic carbocycles. The van der Waals surface area contributed by atoms with E-state index < -0.39 is 5.97 Å². The molecule has 0 aliphatic heterocycles. The zero-order valence-corrected chi connectivity index (χ0v) is 13.0. The third-order valence-corrected chi connectivity index (χ3v) is 4.16. The molecule has 0 unspecified atom stereocenters. The molecule has 0 radical (unpaired) electrons. The predicted molar refractivity (Wildman–Crippen MR) is 81.4 cm³/mol. The number of carboxylic acid groups (broad SMARTS) is 1. The SMILES string of the molecule is Cc1nnc(-n2nnc(C(=O)O)c2-c2ccc(C)c(C)c2)s1. The molecule has 3 rings (SSSR count). The summed E-state index contributed by atoms with van der Waals surface area (Å²) in [7, 11) is 0. The maximum absolute atomic E-state index is 11.4. The normalized spacial score (nSPS) is 10.9. The van der Waals surface area contributed by atoms with Crippen LogP contribution in [-0.2, 0) is 0 Å². The van der Waals surface area contributed by atoms with Crippen molar-refractivity contribution in [2.75, 3.05) is 0 Å². The minimum Gasteiger partial charge on any atom is -0.476 e. The Kier molecular flexibility index (Phi) is 3.45. The first kappa shape index (κ1) is 14.3. The fourth-order valence-corrected chi connectivity index (χ4v) is 2.72. The Morgan fingerprint density at radius 2 is 1.91 bits per heavy atom. The number of carboxylic acids is 1. The molecular weight excluding hydrogens is 302 g/mol. The number of carbonyl (C=O) groups is 1. The maximum atomic E-state index is 11.4. The van der Waals surface area contributed by atoms with Gasteiger partial charge in [-0.05, 0) is 38.0 Å². The topological polar surface area (TPSA) is 93.8 Å². The number of benzene rings is 1. The van der Waals surface area contributed by atoms with Crippen molar-refractivity contribution in [3.63, 3.8) is 0 Å². The number of hydrogen-bond donors (Lipinski definition) is 1. The van der Waals surface area contributed by atoms with E-state index in [1.807, 2.05) is 39.0 Å². The molecule has 0 amide bonds. The highest BCUT2D eigenvalue weighted by Crippen LogP contribution is 2.28. The van der Waals surface area contributed by atoms with Crippen LogP contribution in [0.5, 0.6) is 0 Å². The van der Waals surface area contributed by atoms with Gasteiger partial charge in [0.05, 0.1) is 0 Å². The molecule has 0 aliphatic carbocycles. The second-order valence-electron chi connectivity index (χ2n) is 4.91. The van der Waals surface area contributed by atoms with Crippen molar-refractivity contribution in [3.05, 3.63) is 40.0 Å². The van der Waals surface area contributed by atoms with E-state index in [0.717, 1.165) is 21.7 Å². The molecule has 112 valence electrons. The Bertz CT molecular complexity index is 868. The Morgan fingerprint density at radius 1 is 1.14 bits per heavy atom. The summed E-state index contributed by atoms with van der Waals surface area (Å²) in [5.74, 6) is -1.12. The molecule has 0 atom stereocenters. The molecule has 0 bridgehead atoms. The average Bonchev–Trinajstić information content (AvgIpc) is 3.07. The van der Waals surface area contributed by atoms with Crippen molar-refractivity contribution in [2.24, 2.45) is 0 Å². The van der Waals surface area contributed by atoms with Gasteiger partial charge in [-0.1, -0.05) is 28.7 Å². The van der Waals surface area contributed by atoms with E-state index in [1.54, 1.807) is 0 Å². The Hall–Kier alpha value is -2.61. The molecular formula is C14H13N5O2S. The van der Waals surface area contributed by atoms with Gasteiger partial charge in [0.1, 0.15) is 10.7 Å². The lowest BCUT2D eigenvalue weighted by molar-refractivity contribution is 0.0691. The molecule has 0 fully saturated rings. The summed E-state index contributed by atoms with van der Waals surface area (Å²) in [6.45, 7) is 5.80. The standard InChI is InChI=1S/C14H13N5O2S/c1-7-4-5-10(6-8(7)2)12-11(13(20)21)16-18-19(12)14-17-15-9(3)22-14/h4-6H,1-3H3,(H,20,21). The number of aromatic carboxylic acids is 1. The molecule has 1 N–H and O–H groups in total. The largest absolute Gasteiger partial charge is 0.476 e. The second-order valence-corrected chi connectivity index (χ2v) is 6.07.